The molecule has 1 rings (SSSR count). The summed E-state index contributed by atoms with van der Waals surface area (Å²) in [4.78, 5) is 0. The van der Waals surface area contributed by atoms with Gasteiger partial charge in [-0.1, -0.05) is 11.6 Å². The van der Waals surface area contributed by atoms with Gasteiger partial charge in [-0.05, 0) is 30.2 Å². The van der Waals surface area contributed by atoms with E-state index in [1.54, 1.807) is 25.3 Å². The second kappa shape index (κ2) is 5.85. The van der Waals surface area contributed by atoms with Crippen molar-refractivity contribution in [3.05, 3.63) is 28.8 Å². The highest BCUT2D eigenvalue weighted by Crippen LogP contribution is 2.25. The summed E-state index contributed by atoms with van der Waals surface area (Å²) in [6.07, 6.45) is 0.559. The van der Waals surface area contributed by atoms with Crippen LogP contribution in [0.2, 0.25) is 5.02 Å². The number of benzene rings is 1. The lowest BCUT2D eigenvalue weighted by Gasteiger charge is -2.10. The van der Waals surface area contributed by atoms with Gasteiger partial charge in [-0.3, -0.25) is 0 Å². The van der Waals surface area contributed by atoms with E-state index >= 15 is 0 Å². The number of halogens is 2. The van der Waals surface area contributed by atoms with Gasteiger partial charge < -0.3 is 4.74 Å². The molecule has 2 nitrogen and oxygen atoms in total. The second-order valence-electron chi connectivity index (χ2n) is 3.14. The van der Waals surface area contributed by atoms with Crippen LogP contribution >= 0.6 is 23.2 Å². The van der Waals surface area contributed by atoms with Crippen molar-refractivity contribution < 1.29 is 4.74 Å². The molecule has 1 unspecified atom stereocenters. The van der Waals surface area contributed by atoms with Gasteiger partial charge >= 0.3 is 0 Å². The summed E-state index contributed by atoms with van der Waals surface area (Å²) >= 11 is 11.5. The third-order valence-corrected chi connectivity index (χ3v) is 2.69. The van der Waals surface area contributed by atoms with E-state index in [9.17, 15) is 0 Å². The monoisotopic (exact) mass is 243 g/mol. The van der Waals surface area contributed by atoms with Crippen molar-refractivity contribution in [3.8, 4) is 11.8 Å². The lowest BCUT2D eigenvalue weighted by molar-refractivity contribution is 0.408. The molecule has 0 spiro atoms. The van der Waals surface area contributed by atoms with Gasteiger partial charge in [-0.2, -0.15) is 5.26 Å². The molecule has 0 fully saturated rings. The largest absolute Gasteiger partial charge is 0.496 e. The van der Waals surface area contributed by atoms with E-state index in [4.69, 9.17) is 33.2 Å². The summed E-state index contributed by atoms with van der Waals surface area (Å²) in [7, 11) is 1.59. The Hall–Kier alpha value is -0.910. The summed E-state index contributed by atoms with van der Waals surface area (Å²) in [5.74, 6) is 0.843. The van der Waals surface area contributed by atoms with Gasteiger partial charge in [0.1, 0.15) is 5.75 Å². The maximum absolute atomic E-state index is 8.81. The van der Waals surface area contributed by atoms with E-state index in [0.717, 1.165) is 11.3 Å². The molecule has 0 N–H and O–H groups in total. The lowest BCUT2D eigenvalue weighted by Crippen LogP contribution is -2.04. The second-order valence-corrected chi connectivity index (χ2v) is 3.89. The lowest BCUT2D eigenvalue weighted by atomic mass is 10.0. The van der Waals surface area contributed by atoms with Gasteiger partial charge in [-0.15, -0.1) is 11.6 Å². The first-order chi connectivity index (χ1) is 7.21. The Balaban J connectivity index is 2.92. The fourth-order valence-electron chi connectivity index (χ4n) is 1.31. The summed E-state index contributed by atoms with van der Waals surface area (Å²) in [6.45, 7) is 0. The number of ether oxygens (including phenoxy) is 1. The van der Waals surface area contributed by atoms with E-state index in [1.807, 2.05) is 0 Å². The molecule has 0 aliphatic rings. The highest BCUT2D eigenvalue weighted by atomic mass is 35.5. The third-order valence-electron chi connectivity index (χ3n) is 2.08. The van der Waals surface area contributed by atoms with Crippen LogP contribution in [0.5, 0.6) is 5.75 Å². The SMILES string of the molecule is COc1ccc(Cl)cc1CC(C#N)CCl. The molecule has 0 amide bonds. The Bertz CT molecular complexity index is 373. The molecule has 0 saturated heterocycles. The zero-order chi connectivity index (χ0) is 11.3. The Kier molecular flexibility index (Phi) is 4.74. The summed E-state index contributed by atoms with van der Waals surface area (Å²) in [6, 6.07) is 7.49. The normalized spacial score (nSPS) is 11.9. The number of hydrogen-bond donors (Lipinski definition) is 0. The summed E-state index contributed by atoms with van der Waals surface area (Å²) in [5, 5.41) is 9.45. The van der Waals surface area contributed by atoms with Crippen LogP contribution in [0.25, 0.3) is 0 Å². The van der Waals surface area contributed by atoms with Gasteiger partial charge in [0.15, 0.2) is 0 Å². The number of nitriles is 1. The average Bonchev–Trinajstić information content (AvgIpc) is 2.26. The molecule has 0 radical (unpaired) electrons. The molecule has 0 saturated carbocycles. The minimum atomic E-state index is -0.209. The molecule has 1 aromatic carbocycles. The molecule has 1 atom stereocenters. The molecule has 0 bridgehead atoms. The van der Waals surface area contributed by atoms with Crippen LogP contribution in [0.15, 0.2) is 18.2 Å². The quantitative estimate of drug-likeness (QED) is 0.761. The first-order valence-electron chi connectivity index (χ1n) is 4.49. The molecular weight excluding hydrogens is 233 g/mol. The maximum Gasteiger partial charge on any atom is 0.122 e. The predicted octanol–water partition coefficient (Wildman–Crippen LogP) is 3.27. The first kappa shape index (κ1) is 12.2. The number of hydrogen-bond acceptors (Lipinski definition) is 2. The molecule has 15 heavy (non-hydrogen) atoms. The van der Waals surface area contributed by atoms with Crippen molar-refractivity contribution in [1.29, 1.82) is 5.26 Å². The molecule has 0 heterocycles. The third kappa shape index (κ3) is 3.30. The van der Waals surface area contributed by atoms with Crippen LogP contribution in [0.3, 0.4) is 0 Å². The Morgan fingerprint density at radius 1 is 1.53 bits per heavy atom. The van der Waals surface area contributed by atoms with Crippen LogP contribution in [-0.2, 0) is 6.42 Å². The van der Waals surface area contributed by atoms with E-state index in [1.165, 1.54) is 0 Å². The molecule has 0 aliphatic heterocycles. The fourth-order valence-corrected chi connectivity index (χ4v) is 1.68. The van der Waals surface area contributed by atoms with Gasteiger partial charge in [0, 0.05) is 10.9 Å². The van der Waals surface area contributed by atoms with Crippen LogP contribution in [0.1, 0.15) is 5.56 Å². The summed E-state index contributed by atoms with van der Waals surface area (Å²) < 4.78 is 5.18. The van der Waals surface area contributed by atoms with E-state index < -0.39 is 0 Å². The zero-order valence-electron chi connectivity index (χ0n) is 8.34. The molecule has 4 heteroatoms. The van der Waals surface area contributed by atoms with Crippen LogP contribution < -0.4 is 4.74 Å². The standard InChI is InChI=1S/C11H11Cl2NO/c1-15-11-3-2-10(13)5-9(11)4-8(6-12)7-14/h2-3,5,8H,4,6H2,1H3. The van der Waals surface area contributed by atoms with E-state index in [-0.39, 0.29) is 5.92 Å². The number of nitrogens with zero attached hydrogens (tertiary/aromatic N) is 1. The van der Waals surface area contributed by atoms with Crippen molar-refractivity contribution in [1.82, 2.24) is 0 Å². The van der Waals surface area contributed by atoms with Gasteiger partial charge in [0.05, 0.1) is 19.1 Å². The molecule has 0 aliphatic carbocycles. The van der Waals surface area contributed by atoms with Gasteiger partial charge in [0.25, 0.3) is 0 Å². The fraction of sp³-hybridized carbons (Fsp3) is 0.364. The highest BCUT2D eigenvalue weighted by molar-refractivity contribution is 6.30. The van der Waals surface area contributed by atoms with Crippen molar-refractivity contribution in [2.24, 2.45) is 5.92 Å². The van der Waals surface area contributed by atoms with Gasteiger partial charge in [-0.25, -0.2) is 0 Å². The predicted molar refractivity (Wildman–Crippen MR) is 61.5 cm³/mol. The molecule has 0 aromatic heterocycles. The minimum absolute atomic E-state index is 0.209. The number of rotatable bonds is 4. The number of alkyl halides is 1. The highest BCUT2D eigenvalue weighted by Gasteiger charge is 2.11. The zero-order valence-corrected chi connectivity index (χ0v) is 9.85. The summed E-state index contributed by atoms with van der Waals surface area (Å²) in [5.41, 5.74) is 0.914. The molecule has 1 aromatic rings. The Morgan fingerprint density at radius 3 is 2.80 bits per heavy atom. The Morgan fingerprint density at radius 2 is 2.27 bits per heavy atom. The van der Waals surface area contributed by atoms with Crippen molar-refractivity contribution >= 4 is 23.2 Å². The van der Waals surface area contributed by atoms with Crippen LogP contribution in [-0.4, -0.2) is 13.0 Å². The van der Waals surface area contributed by atoms with E-state index in [0.29, 0.717) is 17.3 Å². The smallest absolute Gasteiger partial charge is 0.122 e. The van der Waals surface area contributed by atoms with Crippen LogP contribution in [0, 0.1) is 17.2 Å². The minimum Gasteiger partial charge on any atom is -0.496 e. The topological polar surface area (TPSA) is 33.0 Å². The number of methoxy groups -OCH3 is 1. The van der Waals surface area contributed by atoms with Crippen molar-refractivity contribution in [3.63, 3.8) is 0 Å². The van der Waals surface area contributed by atoms with Crippen molar-refractivity contribution in [2.45, 2.75) is 6.42 Å². The van der Waals surface area contributed by atoms with Gasteiger partial charge in [0.2, 0.25) is 0 Å². The average molecular weight is 244 g/mol. The van der Waals surface area contributed by atoms with Crippen LogP contribution in [0.4, 0.5) is 0 Å². The van der Waals surface area contributed by atoms with Crippen molar-refractivity contribution in [2.75, 3.05) is 13.0 Å². The first-order valence-corrected chi connectivity index (χ1v) is 5.40. The molecular formula is C11H11Cl2NO. The Labute approximate surface area is 99.4 Å². The van der Waals surface area contributed by atoms with E-state index in [2.05, 4.69) is 6.07 Å². The maximum atomic E-state index is 8.81. The molecule has 80 valence electrons.